The number of ether oxygens (including phenoxy) is 1. The van der Waals surface area contributed by atoms with Crippen molar-refractivity contribution in [3.8, 4) is 0 Å². The van der Waals surface area contributed by atoms with Crippen molar-refractivity contribution in [3.63, 3.8) is 0 Å². The van der Waals surface area contributed by atoms with E-state index in [2.05, 4.69) is 5.32 Å². The molecule has 0 spiro atoms. The molecule has 4 heteroatoms. The molecule has 0 unspecified atom stereocenters. The molecule has 4 nitrogen and oxygen atoms in total. The molecular formula is C12H26N2O2. The molecule has 0 aromatic carbocycles. The van der Waals surface area contributed by atoms with Gasteiger partial charge < -0.3 is 15.8 Å². The number of amides is 1. The maximum absolute atomic E-state index is 11.4. The zero-order chi connectivity index (χ0) is 12.4. The SMILES string of the molecule is CCC[C@H](N)C(=O)NCCCCOC(C)C. The van der Waals surface area contributed by atoms with E-state index >= 15 is 0 Å². The van der Waals surface area contributed by atoms with Crippen LogP contribution in [-0.4, -0.2) is 31.2 Å². The number of unbranched alkanes of at least 4 members (excludes halogenated alkanes) is 1. The summed E-state index contributed by atoms with van der Waals surface area (Å²) in [6.07, 6.45) is 3.89. The first-order valence-electron chi connectivity index (χ1n) is 6.22. The third-order valence-electron chi connectivity index (χ3n) is 2.26. The number of carbonyl (C=O) groups is 1. The highest BCUT2D eigenvalue weighted by Gasteiger charge is 2.10. The van der Waals surface area contributed by atoms with Crippen molar-refractivity contribution in [1.29, 1.82) is 0 Å². The Morgan fingerprint density at radius 1 is 1.38 bits per heavy atom. The first-order valence-corrected chi connectivity index (χ1v) is 6.22. The van der Waals surface area contributed by atoms with Crippen LogP contribution in [0.2, 0.25) is 0 Å². The summed E-state index contributed by atoms with van der Waals surface area (Å²) < 4.78 is 5.40. The van der Waals surface area contributed by atoms with Gasteiger partial charge in [0.1, 0.15) is 0 Å². The molecule has 0 aliphatic rings. The first-order chi connectivity index (χ1) is 7.57. The van der Waals surface area contributed by atoms with Crippen LogP contribution in [0, 0.1) is 0 Å². The fourth-order valence-corrected chi connectivity index (χ4v) is 1.33. The molecular weight excluding hydrogens is 204 g/mol. The van der Waals surface area contributed by atoms with Crippen LogP contribution in [0.5, 0.6) is 0 Å². The maximum Gasteiger partial charge on any atom is 0.236 e. The third kappa shape index (κ3) is 8.68. The number of carbonyl (C=O) groups excluding carboxylic acids is 1. The number of rotatable bonds is 9. The molecule has 3 N–H and O–H groups in total. The predicted molar refractivity (Wildman–Crippen MR) is 66.2 cm³/mol. The molecule has 0 fully saturated rings. The fourth-order valence-electron chi connectivity index (χ4n) is 1.33. The van der Waals surface area contributed by atoms with Gasteiger partial charge in [-0.05, 0) is 33.1 Å². The van der Waals surface area contributed by atoms with Gasteiger partial charge in [-0.3, -0.25) is 4.79 Å². The van der Waals surface area contributed by atoms with E-state index in [0.29, 0.717) is 6.54 Å². The second-order valence-corrected chi connectivity index (χ2v) is 4.31. The summed E-state index contributed by atoms with van der Waals surface area (Å²) in [5, 5.41) is 2.84. The van der Waals surface area contributed by atoms with Gasteiger partial charge in [-0.2, -0.15) is 0 Å². The molecule has 1 amide bonds. The molecule has 96 valence electrons. The summed E-state index contributed by atoms with van der Waals surface area (Å²) in [7, 11) is 0. The van der Waals surface area contributed by atoms with Gasteiger partial charge in [0, 0.05) is 13.2 Å². The van der Waals surface area contributed by atoms with Crippen molar-refractivity contribution in [1.82, 2.24) is 5.32 Å². The van der Waals surface area contributed by atoms with Gasteiger partial charge in [0.15, 0.2) is 0 Å². The molecule has 0 aromatic rings. The van der Waals surface area contributed by atoms with E-state index in [1.54, 1.807) is 0 Å². The highest BCUT2D eigenvalue weighted by atomic mass is 16.5. The zero-order valence-electron chi connectivity index (χ0n) is 10.8. The fraction of sp³-hybridized carbons (Fsp3) is 0.917. The van der Waals surface area contributed by atoms with Crippen molar-refractivity contribution in [2.75, 3.05) is 13.2 Å². The topological polar surface area (TPSA) is 64.4 Å². The van der Waals surface area contributed by atoms with Crippen LogP contribution in [0.1, 0.15) is 46.5 Å². The van der Waals surface area contributed by atoms with Crippen LogP contribution < -0.4 is 11.1 Å². The van der Waals surface area contributed by atoms with Crippen molar-refractivity contribution < 1.29 is 9.53 Å². The van der Waals surface area contributed by atoms with Crippen LogP contribution in [0.15, 0.2) is 0 Å². The van der Waals surface area contributed by atoms with Gasteiger partial charge in [-0.1, -0.05) is 13.3 Å². The molecule has 16 heavy (non-hydrogen) atoms. The molecule has 0 aromatic heterocycles. The lowest BCUT2D eigenvalue weighted by Crippen LogP contribution is -2.40. The lowest BCUT2D eigenvalue weighted by molar-refractivity contribution is -0.122. The van der Waals surface area contributed by atoms with Gasteiger partial charge in [-0.15, -0.1) is 0 Å². The number of nitrogens with one attached hydrogen (secondary N) is 1. The van der Waals surface area contributed by atoms with E-state index in [4.69, 9.17) is 10.5 Å². The normalized spacial score (nSPS) is 12.8. The van der Waals surface area contributed by atoms with Crippen molar-refractivity contribution in [3.05, 3.63) is 0 Å². The second kappa shape index (κ2) is 9.60. The van der Waals surface area contributed by atoms with Gasteiger partial charge in [0.25, 0.3) is 0 Å². The van der Waals surface area contributed by atoms with Crippen molar-refractivity contribution in [2.24, 2.45) is 5.73 Å². The minimum atomic E-state index is -0.350. The number of nitrogens with two attached hydrogens (primary N) is 1. The smallest absolute Gasteiger partial charge is 0.236 e. The summed E-state index contributed by atoms with van der Waals surface area (Å²) in [6.45, 7) is 7.51. The summed E-state index contributed by atoms with van der Waals surface area (Å²) in [4.78, 5) is 11.4. The quantitative estimate of drug-likeness (QED) is 0.589. The van der Waals surface area contributed by atoms with Crippen LogP contribution in [0.4, 0.5) is 0 Å². The Morgan fingerprint density at radius 2 is 2.06 bits per heavy atom. The molecule has 0 rings (SSSR count). The summed E-state index contributed by atoms with van der Waals surface area (Å²) >= 11 is 0. The predicted octanol–water partition coefficient (Wildman–Crippen LogP) is 1.44. The molecule has 1 atom stereocenters. The van der Waals surface area contributed by atoms with E-state index in [1.165, 1.54) is 0 Å². The Bertz CT molecular complexity index is 184. The molecule has 0 saturated heterocycles. The third-order valence-corrected chi connectivity index (χ3v) is 2.26. The Morgan fingerprint density at radius 3 is 2.62 bits per heavy atom. The van der Waals surface area contributed by atoms with E-state index in [-0.39, 0.29) is 18.1 Å². The standard InChI is InChI=1S/C12H26N2O2/c1-4-7-11(13)12(15)14-8-5-6-9-16-10(2)3/h10-11H,4-9,13H2,1-3H3,(H,14,15)/t11-/m0/s1. The lowest BCUT2D eigenvalue weighted by atomic mass is 10.1. The summed E-state index contributed by atoms with van der Waals surface area (Å²) in [5.41, 5.74) is 5.67. The second-order valence-electron chi connectivity index (χ2n) is 4.31. The maximum atomic E-state index is 11.4. The number of hydrogen-bond donors (Lipinski definition) is 2. The largest absolute Gasteiger partial charge is 0.379 e. The zero-order valence-corrected chi connectivity index (χ0v) is 10.8. The number of hydrogen-bond acceptors (Lipinski definition) is 3. The highest BCUT2D eigenvalue weighted by Crippen LogP contribution is 1.95. The monoisotopic (exact) mass is 230 g/mol. The summed E-state index contributed by atoms with van der Waals surface area (Å²) in [6, 6.07) is -0.350. The van der Waals surface area contributed by atoms with E-state index < -0.39 is 0 Å². The van der Waals surface area contributed by atoms with Gasteiger partial charge in [-0.25, -0.2) is 0 Å². The molecule has 0 aliphatic heterocycles. The minimum absolute atomic E-state index is 0.0355. The highest BCUT2D eigenvalue weighted by molar-refractivity contribution is 5.81. The van der Waals surface area contributed by atoms with E-state index in [0.717, 1.165) is 32.3 Å². The van der Waals surface area contributed by atoms with Gasteiger partial charge in [0.05, 0.1) is 12.1 Å². The van der Waals surface area contributed by atoms with E-state index in [1.807, 2.05) is 20.8 Å². The van der Waals surface area contributed by atoms with E-state index in [9.17, 15) is 4.79 Å². The molecule has 0 radical (unpaired) electrons. The Labute approximate surface area is 98.9 Å². The lowest BCUT2D eigenvalue weighted by Gasteiger charge is -2.11. The molecule has 0 bridgehead atoms. The van der Waals surface area contributed by atoms with Crippen LogP contribution >= 0.6 is 0 Å². The van der Waals surface area contributed by atoms with Gasteiger partial charge >= 0.3 is 0 Å². The molecule has 0 saturated carbocycles. The van der Waals surface area contributed by atoms with Crippen molar-refractivity contribution in [2.45, 2.75) is 58.6 Å². The average Bonchev–Trinajstić information content (AvgIpc) is 2.22. The van der Waals surface area contributed by atoms with Gasteiger partial charge in [0.2, 0.25) is 5.91 Å². The van der Waals surface area contributed by atoms with Crippen LogP contribution in [-0.2, 0) is 9.53 Å². The van der Waals surface area contributed by atoms with Crippen LogP contribution in [0.3, 0.4) is 0 Å². The Hall–Kier alpha value is -0.610. The van der Waals surface area contributed by atoms with Crippen LogP contribution in [0.25, 0.3) is 0 Å². The van der Waals surface area contributed by atoms with Crippen molar-refractivity contribution >= 4 is 5.91 Å². The molecule has 0 aliphatic carbocycles. The average molecular weight is 230 g/mol. The molecule has 0 heterocycles. The Balaban J connectivity index is 3.34. The minimum Gasteiger partial charge on any atom is -0.379 e. The first kappa shape index (κ1) is 15.4. The summed E-state index contributed by atoms with van der Waals surface area (Å²) in [5.74, 6) is -0.0355. The Kier molecular flexibility index (Phi) is 9.24.